The van der Waals surface area contributed by atoms with E-state index in [1.54, 1.807) is 29.3 Å². The third kappa shape index (κ3) is 4.78. The highest BCUT2D eigenvalue weighted by atomic mass is 16.3. The summed E-state index contributed by atoms with van der Waals surface area (Å²) in [4.78, 5) is 72.8. The zero-order valence-electron chi connectivity index (χ0n) is 24.0. The zero-order valence-corrected chi connectivity index (χ0v) is 24.0. The second-order valence-electron chi connectivity index (χ2n) is 11.9. The number of pyridine rings is 1. The average molecular weight is 594 g/mol. The van der Waals surface area contributed by atoms with Crippen molar-refractivity contribution < 1.29 is 29.1 Å². The summed E-state index contributed by atoms with van der Waals surface area (Å²) in [5.41, 5.74) is 2.44. The highest BCUT2D eigenvalue weighted by Crippen LogP contribution is 2.37. The fourth-order valence-electron chi connectivity index (χ4n) is 6.74. The van der Waals surface area contributed by atoms with Crippen molar-refractivity contribution in [2.75, 3.05) is 24.5 Å². The van der Waals surface area contributed by atoms with Crippen LogP contribution in [0.2, 0.25) is 0 Å². The van der Waals surface area contributed by atoms with E-state index < -0.39 is 35.3 Å². The first-order valence-electron chi connectivity index (χ1n) is 14.9. The van der Waals surface area contributed by atoms with Crippen LogP contribution in [0.1, 0.15) is 73.4 Å². The predicted molar refractivity (Wildman–Crippen MR) is 158 cm³/mol. The molecule has 4 aliphatic heterocycles. The number of nitrogens with one attached hydrogen (secondary N) is 1. The van der Waals surface area contributed by atoms with E-state index in [0.717, 1.165) is 22.4 Å². The maximum Gasteiger partial charge on any atom is 0.262 e. The molecule has 2 fully saturated rings. The molecule has 7 rings (SSSR count). The van der Waals surface area contributed by atoms with E-state index in [-0.39, 0.29) is 29.9 Å². The lowest BCUT2D eigenvalue weighted by Crippen LogP contribution is -2.54. The minimum atomic E-state index is -1.19. The lowest BCUT2D eigenvalue weighted by molar-refractivity contribution is -0.136. The number of carbonyl (C=O) groups excluding carboxylic acids is 5. The molecule has 4 aliphatic rings. The van der Waals surface area contributed by atoms with Crippen molar-refractivity contribution in [3.05, 3.63) is 94.2 Å². The summed E-state index contributed by atoms with van der Waals surface area (Å²) in [6, 6.07) is 15.3. The Morgan fingerprint density at radius 2 is 1.64 bits per heavy atom. The molecular weight excluding hydrogens is 562 g/mol. The van der Waals surface area contributed by atoms with Gasteiger partial charge in [0, 0.05) is 44.4 Å². The number of fused-ring (bicyclic) bond motifs is 2. The number of piperidine rings is 2. The molecule has 2 N–H and O–H groups in total. The van der Waals surface area contributed by atoms with Crippen molar-refractivity contribution in [3.8, 4) is 0 Å². The van der Waals surface area contributed by atoms with Gasteiger partial charge in [-0.1, -0.05) is 24.3 Å². The molecule has 11 nitrogen and oxygen atoms in total. The maximum atomic E-state index is 13.3. The van der Waals surface area contributed by atoms with Crippen LogP contribution < -0.4 is 10.2 Å². The lowest BCUT2D eigenvalue weighted by atomic mass is 9.83. The van der Waals surface area contributed by atoms with Crippen LogP contribution in [0.4, 0.5) is 5.82 Å². The molecule has 5 amide bonds. The van der Waals surface area contributed by atoms with Crippen molar-refractivity contribution in [1.29, 1.82) is 0 Å². The van der Waals surface area contributed by atoms with E-state index >= 15 is 0 Å². The van der Waals surface area contributed by atoms with Gasteiger partial charge in [-0.05, 0) is 72.7 Å². The van der Waals surface area contributed by atoms with Crippen LogP contribution in [0, 0.1) is 0 Å². The Kier molecular flexibility index (Phi) is 6.86. The number of anilines is 1. The number of imide groups is 2. The van der Waals surface area contributed by atoms with Crippen LogP contribution in [0.15, 0.2) is 60.8 Å². The summed E-state index contributed by atoms with van der Waals surface area (Å²) in [7, 11) is 0. The van der Waals surface area contributed by atoms with Gasteiger partial charge in [0.05, 0.1) is 16.7 Å². The maximum absolute atomic E-state index is 13.3. The van der Waals surface area contributed by atoms with Crippen molar-refractivity contribution in [1.82, 2.24) is 20.1 Å². The van der Waals surface area contributed by atoms with Gasteiger partial charge in [0.1, 0.15) is 11.9 Å². The Morgan fingerprint density at radius 3 is 2.39 bits per heavy atom. The fraction of sp³-hybridized carbons (Fsp3) is 0.333. The quantitative estimate of drug-likeness (QED) is 0.429. The van der Waals surface area contributed by atoms with Crippen LogP contribution in [0.3, 0.4) is 0 Å². The molecule has 1 atom stereocenters. The van der Waals surface area contributed by atoms with E-state index in [0.29, 0.717) is 56.0 Å². The molecule has 224 valence electrons. The molecule has 2 aromatic carbocycles. The van der Waals surface area contributed by atoms with E-state index in [2.05, 4.69) is 21.3 Å². The van der Waals surface area contributed by atoms with Crippen LogP contribution in [0.25, 0.3) is 0 Å². The van der Waals surface area contributed by atoms with Crippen LogP contribution in [-0.2, 0) is 28.2 Å². The van der Waals surface area contributed by atoms with Gasteiger partial charge >= 0.3 is 0 Å². The fourth-order valence-corrected chi connectivity index (χ4v) is 6.74. The summed E-state index contributed by atoms with van der Waals surface area (Å²) in [6.45, 7) is 2.39. The van der Waals surface area contributed by atoms with E-state index in [9.17, 15) is 29.1 Å². The van der Waals surface area contributed by atoms with Gasteiger partial charge < -0.3 is 5.11 Å². The van der Waals surface area contributed by atoms with Gasteiger partial charge in [-0.25, -0.2) is 4.98 Å². The van der Waals surface area contributed by atoms with Gasteiger partial charge in [0.15, 0.2) is 0 Å². The van der Waals surface area contributed by atoms with Gasteiger partial charge in [0.25, 0.3) is 17.7 Å². The van der Waals surface area contributed by atoms with Crippen LogP contribution in [-0.4, -0.2) is 75.1 Å². The Bertz CT molecular complexity index is 1710. The number of rotatable bonds is 5. The molecule has 0 saturated carbocycles. The first-order valence-corrected chi connectivity index (χ1v) is 14.9. The smallest absolute Gasteiger partial charge is 0.262 e. The topological polar surface area (TPSA) is 140 Å². The molecular formula is C33H31N5O6. The number of benzene rings is 2. The molecule has 5 heterocycles. The Labute approximate surface area is 253 Å². The first-order chi connectivity index (χ1) is 21.2. The Balaban J connectivity index is 1.03. The molecule has 44 heavy (non-hydrogen) atoms. The van der Waals surface area contributed by atoms with Crippen molar-refractivity contribution in [2.24, 2.45) is 0 Å². The second-order valence-corrected chi connectivity index (χ2v) is 11.9. The summed E-state index contributed by atoms with van der Waals surface area (Å²) in [5, 5.41) is 13.8. The van der Waals surface area contributed by atoms with Crippen LogP contribution in [0.5, 0.6) is 0 Å². The van der Waals surface area contributed by atoms with Gasteiger partial charge in [-0.15, -0.1) is 0 Å². The average Bonchev–Trinajstić information content (AvgIpc) is 3.28. The van der Waals surface area contributed by atoms with Crippen molar-refractivity contribution in [2.45, 2.75) is 50.3 Å². The number of carbonyl (C=O) groups is 5. The SMILES string of the molecule is O=C1CCC(N2C(=O)c3ccc(C4(O)CCN(Cc5ccc6c(c5)C(=O)N(c5ccccn5)CC6)CC4)cc3C2=O)C(=O)N1. The summed E-state index contributed by atoms with van der Waals surface area (Å²) in [5.74, 6) is -1.65. The lowest BCUT2D eigenvalue weighted by Gasteiger charge is -2.39. The molecule has 11 heteroatoms. The third-order valence-corrected chi connectivity index (χ3v) is 9.25. The monoisotopic (exact) mass is 593 g/mol. The molecule has 0 bridgehead atoms. The molecule has 0 spiro atoms. The first kappa shape index (κ1) is 28.1. The normalized spacial score (nSPS) is 21.8. The number of amides is 5. The largest absolute Gasteiger partial charge is 0.385 e. The molecule has 0 aliphatic carbocycles. The Morgan fingerprint density at radius 1 is 0.841 bits per heavy atom. The third-order valence-electron chi connectivity index (χ3n) is 9.25. The minimum absolute atomic E-state index is 0.0523. The molecule has 3 aromatic rings. The van der Waals surface area contributed by atoms with Gasteiger partial charge in [-0.2, -0.15) is 0 Å². The van der Waals surface area contributed by atoms with E-state index in [4.69, 9.17) is 0 Å². The molecule has 1 unspecified atom stereocenters. The summed E-state index contributed by atoms with van der Waals surface area (Å²) >= 11 is 0. The van der Waals surface area contributed by atoms with Crippen molar-refractivity contribution >= 4 is 35.4 Å². The molecule has 0 radical (unpaired) electrons. The number of aromatic nitrogens is 1. The predicted octanol–water partition coefficient (Wildman–Crippen LogP) is 2.17. The molecule has 2 saturated heterocycles. The van der Waals surface area contributed by atoms with Gasteiger partial charge in [-0.3, -0.25) is 44.0 Å². The number of nitrogens with zero attached hydrogens (tertiary/aromatic N) is 4. The number of aliphatic hydroxyl groups is 1. The highest BCUT2D eigenvalue weighted by Gasteiger charge is 2.45. The number of hydrogen-bond acceptors (Lipinski definition) is 8. The highest BCUT2D eigenvalue weighted by molar-refractivity contribution is 6.23. The Hall–Kier alpha value is -4.74. The second kappa shape index (κ2) is 10.8. The minimum Gasteiger partial charge on any atom is -0.385 e. The molecule has 1 aromatic heterocycles. The zero-order chi connectivity index (χ0) is 30.6. The van der Waals surface area contributed by atoms with E-state index in [1.165, 1.54) is 0 Å². The van der Waals surface area contributed by atoms with Crippen LogP contribution >= 0.6 is 0 Å². The van der Waals surface area contributed by atoms with Gasteiger partial charge in [0.2, 0.25) is 11.8 Å². The van der Waals surface area contributed by atoms with E-state index in [1.807, 2.05) is 30.3 Å². The van der Waals surface area contributed by atoms with Crippen molar-refractivity contribution in [3.63, 3.8) is 0 Å². The standard InChI is InChI=1S/C33H31N5O6/c39-28-9-8-26(29(40)35-28)38-31(42)23-7-6-22(18-25(23)32(38)43)33(44)11-15-36(16-12-33)19-20-4-5-21-10-14-37(30(41)24(21)17-20)27-3-1-2-13-34-27/h1-7,13,17-18,26,44H,8-12,14-16,19H2,(H,35,39,40). The number of likely N-dealkylation sites (tertiary alicyclic amines) is 1. The summed E-state index contributed by atoms with van der Waals surface area (Å²) in [6.07, 6.45) is 3.42. The number of hydrogen-bond donors (Lipinski definition) is 2. The summed E-state index contributed by atoms with van der Waals surface area (Å²) < 4.78 is 0.